The lowest BCUT2D eigenvalue weighted by Crippen LogP contribution is -2.48. The lowest BCUT2D eigenvalue weighted by atomic mass is 10.2. The van der Waals surface area contributed by atoms with Gasteiger partial charge in [-0.3, -0.25) is 4.79 Å². The van der Waals surface area contributed by atoms with E-state index in [0.717, 1.165) is 0 Å². The van der Waals surface area contributed by atoms with E-state index in [4.69, 9.17) is 10.2 Å². The van der Waals surface area contributed by atoms with Gasteiger partial charge in [-0.15, -0.1) is 0 Å². The van der Waals surface area contributed by atoms with Gasteiger partial charge in [0, 0.05) is 0 Å². The second kappa shape index (κ2) is 5.82. The van der Waals surface area contributed by atoms with Crippen LogP contribution in [0.1, 0.15) is 6.92 Å². The van der Waals surface area contributed by atoms with Gasteiger partial charge < -0.3 is 15.5 Å². The molecule has 1 amide bonds. The molecule has 0 heterocycles. The Kier molecular flexibility index (Phi) is 5.48. The molecule has 2 atom stereocenters. The standard InChI is InChI=1S/C7H13NO4S/c1-4(9)6(7(11)12)8-5(10)3-13-2/h4,6,9H,3H2,1-2H3,(H,8,10)(H,11,12)/t4-,6+/m1/s1. The minimum atomic E-state index is -1.23. The summed E-state index contributed by atoms with van der Waals surface area (Å²) in [5.74, 6) is -1.43. The molecular formula is C7H13NO4S. The molecule has 0 aromatic carbocycles. The van der Waals surface area contributed by atoms with Crippen molar-refractivity contribution in [2.45, 2.75) is 19.1 Å². The number of nitrogens with one attached hydrogen (secondary N) is 1. The Morgan fingerprint density at radius 1 is 1.54 bits per heavy atom. The first-order valence-electron chi connectivity index (χ1n) is 3.68. The van der Waals surface area contributed by atoms with Gasteiger partial charge >= 0.3 is 5.97 Å². The average molecular weight is 207 g/mol. The molecule has 13 heavy (non-hydrogen) atoms. The van der Waals surface area contributed by atoms with E-state index in [1.807, 2.05) is 0 Å². The summed E-state index contributed by atoms with van der Waals surface area (Å²) in [6.45, 7) is 1.32. The fourth-order valence-electron chi connectivity index (χ4n) is 0.735. The van der Waals surface area contributed by atoms with Crippen LogP contribution in [0, 0.1) is 0 Å². The summed E-state index contributed by atoms with van der Waals surface area (Å²) < 4.78 is 0. The van der Waals surface area contributed by atoms with Crippen LogP contribution in [0.2, 0.25) is 0 Å². The van der Waals surface area contributed by atoms with Crippen LogP contribution in [0.15, 0.2) is 0 Å². The number of carbonyl (C=O) groups is 2. The monoisotopic (exact) mass is 207 g/mol. The highest BCUT2D eigenvalue weighted by Crippen LogP contribution is 1.95. The number of aliphatic hydroxyl groups excluding tert-OH is 1. The van der Waals surface area contributed by atoms with Crippen LogP contribution in [-0.2, 0) is 9.59 Å². The van der Waals surface area contributed by atoms with Crippen molar-refractivity contribution in [1.82, 2.24) is 5.32 Å². The van der Waals surface area contributed by atoms with Crippen LogP contribution in [-0.4, -0.2) is 46.2 Å². The van der Waals surface area contributed by atoms with Crippen molar-refractivity contribution >= 4 is 23.6 Å². The molecule has 0 spiro atoms. The Labute approximate surface area is 80.5 Å². The molecule has 6 heteroatoms. The first-order valence-corrected chi connectivity index (χ1v) is 5.07. The van der Waals surface area contributed by atoms with Gasteiger partial charge in [0.25, 0.3) is 0 Å². The maximum Gasteiger partial charge on any atom is 0.328 e. The third-order valence-electron chi connectivity index (χ3n) is 1.34. The maximum atomic E-state index is 11.0. The topological polar surface area (TPSA) is 86.6 Å². The third kappa shape index (κ3) is 4.74. The van der Waals surface area contributed by atoms with E-state index in [9.17, 15) is 9.59 Å². The SMILES string of the molecule is CSCC(=O)N[C@H](C(=O)O)[C@@H](C)O. The van der Waals surface area contributed by atoms with E-state index in [1.54, 1.807) is 6.26 Å². The molecular weight excluding hydrogens is 194 g/mol. The van der Waals surface area contributed by atoms with Crippen molar-refractivity contribution in [3.05, 3.63) is 0 Å². The van der Waals surface area contributed by atoms with Gasteiger partial charge in [-0.25, -0.2) is 4.79 Å². The number of amides is 1. The van der Waals surface area contributed by atoms with Crippen LogP contribution in [0.25, 0.3) is 0 Å². The lowest BCUT2D eigenvalue weighted by molar-refractivity contribution is -0.144. The first-order chi connectivity index (χ1) is 5.99. The Bertz CT molecular complexity index is 195. The van der Waals surface area contributed by atoms with Crippen molar-refractivity contribution in [2.75, 3.05) is 12.0 Å². The minimum absolute atomic E-state index is 0.191. The van der Waals surface area contributed by atoms with Gasteiger partial charge in [0.15, 0.2) is 6.04 Å². The molecule has 0 aliphatic rings. The van der Waals surface area contributed by atoms with E-state index in [0.29, 0.717) is 0 Å². The van der Waals surface area contributed by atoms with Crippen molar-refractivity contribution in [3.8, 4) is 0 Å². The number of hydrogen-bond donors (Lipinski definition) is 3. The van der Waals surface area contributed by atoms with Crippen LogP contribution >= 0.6 is 11.8 Å². The van der Waals surface area contributed by atoms with E-state index in [1.165, 1.54) is 18.7 Å². The maximum absolute atomic E-state index is 11.0. The highest BCUT2D eigenvalue weighted by Gasteiger charge is 2.24. The predicted molar refractivity (Wildman–Crippen MR) is 49.6 cm³/mol. The van der Waals surface area contributed by atoms with E-state index in [-0.39, 0.29) is 11.7 Å². The van der Waals surface area contributed by atoms with Crippen LogP contribution in [0.4, 0.5) is 0 Å². The van der Waals surface area contributed by atoms with Gasteiger partial charge in [0.05, 0.1) is 11.9 Å². The molecule has 0 aliphatic carbocycles. The molecule has 0 aliphatic heterocycles. The smallest absolute Gasteiger partial charge is 0.328 e. The summed E-state index contributed by atoms with van der Waals surface area (Å²) in [7, 11) is 0. The molecule has 0 rings (SSSR count). The van der Waals surface area contributed by atoms with Gasteiger partial charge in [-0.2, -0.15) is 11.8 Å². The Morgan fingerprint density at radius 3 is 2.38 bits per heavy atom. The number of hydrogen-bond acceptors (Lipinski definition) is 4. The van der Waals surface area contributed by atoms with E-state index < -0.39 is 18.1 Å². The van der Waals surface area contributed by atoms with Crippen molar-refractivity contribution in [3.63, 3.8) is 0 Å². The molecule has 5 nitrogen and oxygen atoms in total. The summed E-state index contributed by atoms with van der Waals surface area (Å²) in [6.07, 6.45) is 0.640. The summed E-state index contributed by atoms with van der Waals surface area (Å²) in [6, 6.07) is -1.22. The number of carboxylic acids is 1. The second-order valence-electron chi connectivity index (χ2n) is 2.56. The van der Waals surface area contributed by atoms with Crippen LogP contribution in [0.3, 0.4) is 0 Å². The van der Waals surface area contributed by atoms with Crippen LogP contribution < -0.4 is 5.32 Å². The second-order valence-corrected chi connectivity index (χ2v) is 3.42. The largest absolute Gasteiger partial charge is 0.480 e. The minimum Gasteiger partial charge on any atom is -0.480 e. The fraction of sp³-hybridized carbons (Fsp3) is 0.714. The Morgan fingerprint density at radius 2 is 2.08 bits per heavy atom. The van der Waals surface area contributed by atoms with Gasteiger partial charge in [-0.05, 0) is 13.2 Å². The zero-order valence-corrected chi connectivity index (χ0v) is 8.30. The molecule has 3 N–H and O–H groups in total. The lowest BCUT2D eigenvalue weighted by Gasteiger charge is -2.16. The first kappa shape index (κ1) is 12.2. The molecule has 0 saturated heterocycles. The zero-order chi connectivity index (χ0) is 10.4. The van der Waals surface area contributed by atoms with Gasteiger partial charge in [-0.1, -0.05) is 0 Å². The predicted octanol–water partition coefficient (Wildman–Crippen LogP) is -0.700. The number of carbonyl (C=O) groups excluding carboxylic acids is 1. The molecule has 0 unspecified atom stereocenters. The number of aliphatic carboxylic acids is 1. The number of carboxylic acid groups (broad SMARTS) is 1. The van der Waals surface area contributed by atoms with Gasteiger partial charge in [0.1, 0.15) is 0 Å². The molecule has 0 fully saturated rings. The number of rotatable bonds is 5. The third-order valence-corrected chi connectivity index (χ3v) is 1.89. The Hall–Kier alpha value is -0.750. The van der Waals surface area contributed by atoms with E-state index >= 15 is 0 Å². The van der Waals surface area contributed by atoms with E-state index in [2.05, 4.69) is 5.32 Å². The average Bonchev–Trinajstić information content (AvgIpc) is 1.99. The quantitative estimate of drug-likeness (QED) is 0.555. The normalized spacial score (nSPS) is 14.7. The molecule has 0 saturated carbocycles. The zero-order valence-electron chi connectivity index (χ0n) is 7.48. The highest BCUT2D eigenvalue weighted by molar-refractivity contribution is 7.99. The van der Waals surface area contributed by atoms with Crippen molar-refractivity contribution in [2.24, 2.45) is 0 Å². The van der Waals surface area contributed by atoms with Crippen molar-refractivity contribution in [1.29, 1.82) is 0 Å². The summed E-state index contributed by atoms with van der Waals surface area (Å²) in [5.41, 5.74) is 0. The fourth-order valence-corrected chi connectivity index (χ4v) is 1.08. The van der Waals surface area contributed by atoms with Gasteiger partial charge in [0.2, 0.25) is 5.91 Å². The molecule has 0 aromatic heterocycles. The summed E-state index contributed by atoms with van der Waals surface area (Å²) in [5, 5.41) is 19.8. The van der Waals surface area contributed by atoms with Crippen LogP contribution in [0.5, 0.6) is 0 Å². The molecule has 0 bridgehead atoms. The summed E-state index contributed by atoms with van der Waals surface area (Å²) in [4.78, 5) is 21.5. The number of aliphatic hydroxyl groups is 1. The number of thioether (sulfide) groups is 1. The Balaban J connectivity index is 4.10. The molecule has 0 radical (unpaired) electrons. The highest BCUT2D eigenvalue weighted by atomic mass is 32.2. The molecule has 0 aromatic rings. The van der Waals surface area contributed by atoms with Crippen molar-refractivity contribution < 1.29 is 19.8 Å². The summed E-state index contributed by atoms with van der Waals surface area (Å²) >= 11 is 1.29. The molecule has 76 valence electrons.